The van der Waals surface area contributed by atoms with Gasteiger partial charge in [0.05, 0.1) is 4.90 Å². The highest BCUT2D eigenvalue weighted by Gasteiger charge is 2.19. The Bertz CT molecular complexity index is 788. The van der Waals surface area contributed by atoms with Crippen LogP contribution in [-0.4, -0.2) is 48.1 Å². The van der Waals surface area contributed by atoms with E-state index in [4.69, 9.17) is 11.6 Å². The minimum absolute atomic E-state index is 0.0710. The van der Waals surface area contributed by atoms with Gasteiger partial charge in [-0.3, -0.25) is 0 Å². The molecule has 1 N–H and O–H groups in total. The van der Waals surface area contributed by atoms with Crippen molar-refractivity contribution in [3.63, 3.8) is 0 Å². The Kier molecular flexibility index (Phi) is 6.46. The second-order valence-corrected chi connectivity index (χ2v) is 8.47. The van der Waals surface area contributed by atoms with Crippen LogP contribution >= 0.6 is 11.6 Å². The summed E-state index contributed by atoms with van der Waals surface area (Å²) in [4.78, 5) is 4.23. The summed E-state index contributed by atoms with van der Waals surface area (Å²) < 4.78 is 27.6. The van der Waals surface area contributed by atoms with Crippen LogP contribution in [-0.2, 0) is 10.0 Å². The number of nitrogens with zero attached hydrogens (tertiary/aromatic N) is 2. The van der Waals surface area contributed by atoms with E-state index >= 15 is 0 Å². The molecule has 2 rings (SSSR count). The number of likely N-dealkylation sites (N-methyl/N-ethyl adjacent to an activating group) is 1. The second-order valence-electron chi connectivity index (χ2n) is 6.27. The highest BCUT2D eigenvalue weighted by molar-refractivity contribution is 7.89. The smallest absolute Gasteiger partial charge is 0.240 e. The summed E-state index contributed by atoms with van der Waals surface area (Å²) in [7, 11) is 4.25. The van der Waals surface area contributed by atoms with Crippen molar-refractivity contribution < 1.29 is 8.42 Å². The first kappa shape index (κ1) is 19.7. The topological polar surface area (TPSA) is 52.7 Å². The molecule has 2 aromatic carbocycles. The molecule has 0 heterocycles. The van der Waals surface area contributed by atoms with E-state index in [0.29, 0.717) is 5.02 Å². The van der Waals surface area contributed by atoms with Gasteiger partial charge >= 0.3 is 0 Å². The predicted molar refractivity (Wildman–Crippen MR) is 104 cm³/mol. The van der Waals surface area contributed by atoms with Crippen LogP contribution in [0.25, 0.3) is 0 Å². The third-order valence-electron chi connectivity index (χ3n) is 4.01. The van der Waals surface area contributed by atoms with Gasteiger partial charge in [-0.05, 0) is 56.1 Å². The Balaban J connectivity index is 2.15. The van der Waals surface area contributed by atoms with Gasteiger partial charge in [-0.15, -0.1) is 0 Å². The normalized spacial score (nSPS) is 13.0. The molecule has 0 aliphatic heterocycles. The quantitative estimate of drug-likeness (QED) is 0.801. The Hall–Kier alpha value is -1.60. The van der Waals surface area contributed by atoms with Gasteiger partial charge in [0, 0.05) is 37.4 Å². The summed E-state index contributed by atoms with van der Waals surface area (Å²) in [6, 6.07) is 14.2. The highest BCUT2D eigenvalue weighted by Crippen LogP contribution is 2.22. The van der Waals surface area contributed by atoms with Crippen LogP contribution in [0.5, 0.6) is 0 Å². The van der Waals surface area contributed by atoms with Crippen molar-refractivity contribution in [3.05, 3.63) is 59.1 Å². The monoisotopic (exact) mass is 381 g/mol. The zero-order valence-electron chi connectivity index (χ0n) is 14.9. The van der Waals surface area contributed by atoms with Crippen molar-refractivity contribution in [3.8, 4) is 0 Å². The predicted octanol–water partition coefficient (Wildman–Crippen LogP) is 2.99. The van der Waals surface area contributed by atoms with Crippen molar-refractivity contribution in [1.82, 2.24) is 9.62 Å². The van der Waals surface area contributed by atoms with Crippen LogP contribution in [0.15, 0.2) is 53.4 Å². The van der Waals surface area contributed by atoms with Crippen molar-refractivity contribution >= 4 is 27.3 Å². The molecule has 0 radical (unpaired) electrons. The number of nitrogens with one attached hydrogen (secondary N) is 1. The van der Waals surface area contributed by atoms with E-state index in [-0.39, 0.29) is 17.5 Å². The van der Waals surface area contributed by atoms with Crippen LogP contribution in [0.4, 0.5) is 5.69 Å². The van der Waals surface area contributed by atoms with E-state index in [2.05, 4.69) is 4.72 Å². The lowest BCUT2D eigenvalue weighted by atomic mass is 10.1. The molecule has 0 amide bonds. The fourth-order valence-electron chi connectivity index (χ4n) is 2.48. The summed E-state index contributed by atoms with van der Waals surface area (Å²) >= 11 is 5.82. The van der Waals surface area contributed by atoms with Gasteiger partial charge in [0.2, 0.25) is 10.0 Å². The molecule has 0 aliphatic rings. The Morgan fingerprint density at radius 2 is 1.52 bits per heavy atom. The highest BCUT2D eigenvalue weighted by atomic mass is 35.5. The molecule has 0 aliphatic carbocycles. The number of hydrogen-bond donors (Lipinski definition) is 1. The Morgan fingerprint density at radius 3 is 2.00 bits per heavy atom. The standard InChI is InChI=1S/C18H24ClN3O2S/c1-21(2)16-9-5-14(6-10-16)18(22(3)4)13-20-25(23,24)17-11-7-15(19)8-12-17/h5-12,18,20H,13H2,1-4H3. The zero-order valence-corrected chi connectivity index (χ0v) is 16.5. The number of benzene rings is 2. The van der Waals surface area contributed by atoms with Gasteiger partial charge < -0.3 is 9.80 Å². The third-order valence-corrected chi connectivity index (χ3v) is 5.70. The lowest BCUT2D eigenvalue weighted by Crippen LogP contribution is -2.34. The molecular formula is C18H24ClN3O2S. The zero-order chi connectivity index (χ0) is 18.6. The van der Waals surface area contributed by atoms with Crippen molar-refractivity contribution in [2.24, 2.45) is 0 Å². The third kappa shape index (κ3) is 5.19. The summed E-state index contributed by atoms with van der Waals surface area (Å²) in [5, 5.41) is 0.506. The molecule has 2 aromatic rings. The largest absolute Gasteiger partial charge is 0.378 e. The lowest BCUT2D eigenvalue weighted by molar-refractivity contribution is 0.299. The van der Waals surface area contributed by atoms with Crippen LogP contribution in [0.2, 0.25) is 5.02 Å². The fraction of sp³-hybridized carbons (Fsp3) is 0.333. The van der Waals surface area contributed by atoms with Gasteiger partial charge in [-0.1, -0.05) is 23.7 Å². The molecule has 0 saturated heterocycles. The molecule has 25 heavy (non-hydrogen) atoms. The molecule has 7 heteroatoms. The average Bonchev–Trinajstić information content (AvgIpc) is 2.55. The molecule has 0 fully saturated rings. The van der Waals surface area contributed by atoms with Crippen molar-refractivity contribution in [2.75, 3.05) is 39.6 Å². The minimum atomic E-state index is -3.58. The molecule has 1 unspecified atom stereocenters. The van der Waals surface area contributed by atoms with Crippen LogP contribution in [0.3, 0.4) is 0 Å². The molecular weight excluding hydrogens is 358 g/mol. The van der Waals surface area contributed by atoms with Gasteiger partial charge in [0.1, 0.15) is 0 Å². The van der Waals surface area contributed by atoms with Gasteiger partial charge in [-0.2, -0.15) is 0 Å². The first-order valence-corrected chi connectivity index (χ1v) is 9.76. The molecule has 0 aromatic heterocycles. The molecule has 5 nitrogen and oxygen atoms in total. The van der Waals surface area contributed by atoms with E-state index in [0.717, 1.165) is 11.3 Å². The van der Waals surface area contributed by atoms with E-state index < -0.39 is 10.0 Å². The van der Waals surface area contributed by atoms with Crippen LogP contribution in [0.1, 0.15) is 11.6 Å². The van der Waals surface area contributed by atoms with Crippen LogP contribution in [0, 0.1) is 0 Å². The average molecular weight is 382 g/mol. The summed E-state index contributed by atoms with van der Waals surface area (Å²) in [5.74, 6) is 0. The van der Waals surface area contributed by atoms with Gasteiger partial charge in [-0.25, -0.2) is 13.1 Å². The van der Waals surface area contributed by atoms with E-state index in [9.17, 15) is 8.42 Å². The Morgan fingerprint density at radius 1 is 0.960 bits per heavy atom. The number of anilines is 1. The summed E-state index contributed by atoms with van der Waals surface area (Å²) in [6.07, 6.45) is 0. The van der Waals surface area contributed by atoms with Crippen LogP contribution < -0.4 is 9.62 Å². The SMILES string of the molecule is CN(C)c1ccc(C(CNS(=O)(=O)c2ccc(Cl)cc2)N(C)C)cc1. The number of rotatable bonds is 7. The van der Waals surface area contributed by atoms with E-state index in [1.54, 1.807) is 12.1 Å². The fourth-order valence-corrected chi connectivity index (χ4v) is 3.64. The maximum absolute atomic E-state index is 12.5. The summed E-state index contributed by atoms with van der Waals surface area (Å²) in [5.41, 5.74) is 2.15. The van der Waals surface area contributed by atoms with Gasteiger partial charge in [0.25, 0.3) is 0 Å². The summed E-state index contributed by atoms with van der Waals surface area (Å²) in [6.45, 7) is 0.277. The molecule has 136 valence electrons. The number of hydrogen-bond acceptors (Lipinski definition) is 4. The molecule has 1 atom stereocenters. The molecule has 0 spiro atoms. The lowest BCUT2D eigenvalue weighted by Gasteiger charge is -2.25. The van der Waals surface area contributed by atoms with Gasteiger partial charge in [0.15, 0.2) is 0 Å². The number of halogens is 1. The molecule has 0 bridgehead atoms. The first-order valence-electron chi connectivity index (χ1n) is 7.89. The molecule has 0 saturated carbocycles. The van der Waals surface area contributed by atoms with E-state index in [1.807, 2.05) is 62.3 Å². The second kappa shape index (κ2) is 8.19. The van der Waals surface area contributed by atoms with Crippen molar-refractivity contribution in [1.29, 1.82) is 0 Å². The Labute approximate surface area is 155 Å². The first-order chi connectivity index (χ1) is 11.7. The number of sulfonamides is 1. The maximum Gasteiger partial charge on any atom is 0.240 e. The maximum atomic E-state index is 12.5. The van der Waals surface area contributed by atoms with E-state index in [1.165, 1.54) is 12.1 Å². The van der Waals surface area contributed by atoms with Crippen molar-refractivity contribution in [2.45, 2.75) is 10.9 Å². The minimum Gasteiger partial charge on any atom is -0.378 e.